The van der Waals surface area contributed by atoms with Gasteiger partial charge in [0.15, 0.2) is 0 Å². The highest BCUT2D eigenvalue weighted by Gasteiger charge is 2.31. The van der Waals surface area contributed by atoms with Gasteiger partial charge in [-0.3, -0.25) is 4.57 Å². The number of nitrogens with zero attached hydrogens (tertiary/aromatic N) is 2. The van der Waals surface area contributed by atoms with Crippen molar-refractivity contribution >= 4 is 22.5 Å². The molecule has 2 nitrogen and oxygen atoms in total. The average Bonchev–Trinajstić information content (AvgIpc) is 2.47. The monoisotopic (exact) mass is 220 g/mol. The molecule has 0 spiro atoms. The molecule has 0 amide bonds. The highest BCUT2D eigenvalue weighted by atomic mass is 35.5. The minimum absolute atomic E-state index is 0.0116. The van der Waals surface area contributed by atoms with Crippen LogP contribution in [-0.4, -0.2) is 9.55 Å². The van der Waals surface area contributed by atoms with E-state index in [0.717, 1.165) is 6.20 Å². The van der Waals surface area contributed by atoms with Gasteiger partial charge in [0.2, 0.25) is 0 Å². The van der Waals surface area contributed by atoms with Crippen molar-refractivity contribution in [3.05, 3.63) is 29.7 Å². The molecule has 0 aliphatic heterocycles. The molecule has 0 atom stereocenters. The maximum atomic E-state index is 12.4. The molecule has 0 unspecified atom stereocenters. The van der Waals surface area contributed by atoms with Gasteiger partial charge in [-0.2, -0.15) is 0 Å². The van der Waals surface area contributed by atoms with Crippen LogP contribution in [0.4, 0.5) is 13.2 Å². The van der Waals surface area contributed by atoms with Crippen LogP contribution >= 0.6 is 11.6 Å². The molecule has 2 rings (SSSR count). The van der Waals surface area contributed by atoms with E-state index in [1.54, 1.807) is 0 Å². The maximum Gasteiger partial charge on any atom is 0.488 e. The predicted molar refractivity (Wildman–Crippen MR) is 46.0 cm³/mol. The lowest BCUT2D eigenvalue weighted by Crippen LogP contribution is -2.14. The summed E-state index contributed by atoms with van der Waals surface area (Å²) in [4.78, 5) is 3.69. The van der Waals surface area contributed by atoms with Crippen molar-refractivity contribution in [3.8, 4) is 0 Å². The minimum atomic E-state index is -4.42. The maximum absolute atomic E-state index is 12.4. The number of alkyl halides is 3. The van der Waals surface area contributed by atoms with Crippen LogP contribution in [0.25, 0.3) is 10.9 Å². The van der Waals surface area contributed by atoms with Gasteiger partial charge in [-0.25, -0.2) is 4.98 Å². The molecule has 0 aromatic carbocycles. The number of hydrogen-bond donors (Lipinski definition) is 0. The van der Waals surface area contributed by atoms with Gasteiger partial charge in [0.25, 0.3) is 0 Å². The van der Waals surface area contributed by atoms with Crippen molar-refractivity contribution < 1.29 is 13.2 Å². The zero-order valence-electron chi connectivity index (χ0n) is 6.72. The van der Waals surface area contributed by atoms with Gasteiger partial charge in [0.1, 0.15) is 5.15 Å². The van der Waals surface area contributed by atoms with Crippen LogP contribution in [0.5, 0.6) is 0 Å². The molecule has 14 heavy (non-hydrogen) atoms. The van der Waals surface area contributed by atoms with Gasteiger partial charge in [0, 0.05) is 17.8 Å². The van der Waals surface area contributed by atoms with E-state index in [1.165, 1.54) is 18.3 Å². The summed E-state index contributed by atoms with van der Waals surface area (Å²) in [6.45, 7) is 0. The van der Waals surface area contributed by atoms with E-state index in [9.17, 15) is 13.2 Å². The molecule has 0 N–H and O–H groups in total. The van der Waals surface area contributed by atoms with E-state index < -0.39 is 6.30 Å². The van der Waals surface area contributed by atoms with Crippen molar-refractivity contribution in [2.75, 3.05) is 0 Å². The summed E-state index contributed by atoms with van der Waals surface area (Å²) in [6, 6.07) is 2.56. The fourth-order valence-electron chi connectivity index (χ4n) is 1.25. The van der Waals surface area contributed by atoms with E-state index in [0.29, 0.717) is 5.39 Å². The number of pyridine rings is 1. The van der Waals surface area contributed by atoms with E-state index in [1.807, 2.05) is 0 Å². The normalized spacial score (nSPS) is 12.3. The Hall–Kier alpha value is -1.23. The van der Waals surface area contributed by atoms with Crippen molar-refractivity contribution in [2.45, 2.75) is 6.30 Å². The van der Waals surface area contributed by atoms with Crippen LogP contribution < -0.4 is 0 Å². The first kappa shape index (κ1) is 9.33. The quantitative estimate of drug-likeness (QED) is 0.624. The van der Waals surface area contributed by atoms with Crippen LogP contribution in [0.15, 0.2) is 24.5 Å². The lowest BCUT2D eigenvalue weighted by Gasteiger charge is -2.08. The lowest BCUT2D eigenvalue weighted by atomic mass is 10.3. The smallest absolute Gasteiger partial charge is 0.259 e. The van der Waals surface area contributed by atoms with Crippen molar-refractivity contribution in [1.29, 1.82) is 0 Å². The molecule has 2 aromatic rings. The van der Waals surface area contributed by atoms with Gasteiger partial charge in [-0.1, -0.05) is 11.6 Å². The Labute approximate surface area is 81.9 Å². The first-order chi connectivity index (χ1) is 6.50. The summed E-state index contributed by atoms with van der Waals surface area (Å²) in [5.74, 6) is 0. The molecule has 0 bridgehead atoms. The number of fused-ring (bicyclic) bond motifs is 1. The number of hydrogen-bond acceptors (Lipinski definition) is 1. The summed E-state index contributed by atoms with van der Waals surface area (Å²) in [5.41, 5.74) is 0.0116. The largest absolute Gasteiger partial charge is 0.488 e. The van der Waals surface area contributed by atoms with Crippen LogP contribution in [-0.2, 0) is 6.30 Å². The number of halogens is 4. The van der Waals surface area contributed by atoms with Crippen LogP contribution in [0.3, 0.4) is 0 Å². The van der Waals surface area contributed by atoms with E-state index >= 15 is 0 Å². The first-order valence-electron chi connectivity index (χ1n) is 3.69. The SMILES string of the molecule is FC(F)(F)n1ccc2c(Cl)nccc21. The third kappa shape index (κ3) is 1.33. The Morgan fingerprint density at radius 3 is 2.64 bits per heavy atom. The van der Waals surface area contributed by atoms with Crippen LogP contribution in [0.2, 0.25) is 5.15 Å². The molecule has 0 radical (unpaired) electrons. The fourth-order valence-corrected chi connectivity index (χ4v) is 1.47. The average molecular weight is 221 g/mol. The Bertz CT molecular complexity index is 475. The van der Waals surface area contributed by atoms with E-state index in [-0.39, 0.29) is 15.2 Å². The zero-order valence-corrected chi connectivity index (χ0v) is 7.47. The van der Waals surface area contributed by atoms with Crippen LogP contribution in [0.1, 0.15) is 0 Å². The second-order valence-electron chi connectivity index (χ2n) is 2.69. The van der Waals surface area contributed by atoms with Crippen molar-refractivity contribution in [2.24, 2.45) is 0 Å². The van der Waals surface area contributed by atoms with Gasteiger partial charge >= 0.3 is 6.30 Å². The summed E-state index contributed by atoms with van der Waals surface area (Å²) in [5, 5.41) is 0.372. The van der Waals surface area contributed by atoms with Gasteiger partial charge in [0.05, 0.1) is 5.52 Å². The standard InChI is InChI=1S/C8H4ClF3N2/c9-7-5-2-4-14(8(10,11)12)6(5)1-3-13-7/h1-4H. The molecule has 0 saturated carbocycles. The zero-order chi connectivity index (χ0) is 10.3. The van der Waals surface area contributed by atoms with Gasteiger partial charge < -0.3 is 0 Å². The Balaban J connectivity index is 2.76. The molecular formula is C8H4ClF3N2. The first-order valence-corrected chi connectivity index (χ1v) is 4.07. The predicted octanol–water partition coefficient (Wildman–Crippen LogP) is 3.17. The second kappa shape index (κ2) is 2.88. The topological polar surface area (TPSA) is 17.8 Å². The fraction of sp³-hybridized carbons (Fsp3) is 0.125. The van der Waals surface area contributed by atoms with Gasteiger partial charge in [-0.05, 0) is 12.1 Å². The summed E-state index contributed by atoms with van der Waals surface area (Å²) in [7, 11) is 0. The highest BCUT2D eigenvalue weighted by molar-refractivity contribution is 6.34. The molecule has 2 aromatic heterocycles. The third-order valence-corrected chi connectivity index (χ3v) is 2.14. The van der Waals surface area contributed by atoms with E-state index in [4.69, 9.17) is 11.6 Å². The number of rotatable bonds is 0. The Morgan fingerprint density at radius 2 is 2.00 bits per heavy atom. The van der Waals surface area contributed by atoms with Crippen molar-refractivity contribution in [3.63, 3.8) is 0 Å². The Morgan fingerprint density at radius 1 is 1.29 bits per heavy atom. The molecule has 2 heterocycles. The molecule has 74 valence electrons. The lowest BCUT2D eigenvalue weighted by molar-refractivity contribution is -0.200. The summed E-state index contributed by atoms with van der Waals surface area (Å²) in [6.07, 6.45) is -2.25. The molecule has 0 aliphatic rings. The summed E-state index contributed by atoms with van der Waals surface area (Å²) >= 11 is 5.63. The Kier molecular flexibility index (Phi) is 1.92. The molecular weight excluding hydrogens is 217 g/mol. The third-order valence-electron chi connectivity index (χ3n) is 1.84. The van der Waals surface area contributed by atoms with E-state index in [2.05, 4.69) is 4.98 Å². The van der Waals surface area contributed by atoms with Gasteiger partial charge in [-0.15, -0.1) is 13.2 Å². The molecule has 0 aliphatic carbocycles. The van der Waals surface area contributed by atoms with Crippen LogP contribution in [0, 0.1) is 0 Å². The van der Waals surface area contributed by atoms with Crippen molar-refractivity contribution in [1.82, 2.24) is 9.55 Å². The number of aromatic nitrogens is 2. The molecule has 0 saturated heterocycles. The molecule has 0 fully saturated rings. The highest BCUT2D eigenvalue weighted by Crippen LogP contribution is 2.30. The molecule has 6 heteroatoms. The summed E-state index contributed by atoms with van der Waals surface area (Å²) < 4.78 is 37.4. The second-order valence-corrected chi connectivity index (χ2v) is 3.05. The minimum Gasteiger partial charge on any atom is -0.259 e.